The number of nitro benzene ring substituents is 1. The molecule has 2 rings (SSSR count). The Morgan fingerprint density at radius 3 is 2.67 bits per heavy atom. The van der Waals surface area contributed by atoms with Gasteiger partial charge in [-0.1, -0.05) is 0 Å². The van der Waals surface area contributed by atoms with Crippen LogP contribution in [0.4, 0.5) is 16.0 Å². The van der Waals surface area contributed by atoms with Crippen LogP contribution in [-0.2, 0) is 0 Å². The zero-order chi connectivity index (χ0) is 15.4. The summed E-state index contributed by atoms with van der Waals surface area (Å²) >= 11 is 0. The Morgan fingerprint density at radius 2 is 2.05 bits per heavy atom. The Bertz CT molecular complexity index is 660. The van der Waals surface area contributed by atoms with E-state index in [1.54, 1.807) is 0 Å². The number of anilines is 1. The number of ether oxygens (including phenoxy) is 2. The van der Waals surface area contributed by atoms with Gasteiger partial charge in [-0.15, -0.1) is 4.98 Å². The van der Waals surface area contributed by atoms with E-state index in [1.807, 2.05) is 0 Å². The summed E-state index contributed by atoms with van der Waals surface area (Å²) in [5.41, 5.74) is 1.70. The number of nitrogens with two attached hydrogens (primary N) is 1. The Morgan fingerprint density at radius 1 is 1.33 bits per heavy atom. The van der Waals surface area contributed by atoms with Crippen LogP contribution in [0.25, 0.3) is 0 Å². The number of benzene rings is 1. The molecule has 0 unspecified atom stereocenters. The number of hydrogen-bond acceptors (Lipinski definition) is 9. The molecule has 1 aromatic heterocycles. The van der Waals surface area contributed by atoms with Crippen LogP contribution in [0, 0.1) is 15.9 Å². The van der Waals surface area contributed by atoms with Crippen molar-refractivity contribution in [3.05, 3.63) is 34.1 Å². The number of aromatic nitrogens is 3. The summed E-state index contributed by atoms with van der Waals surface area (Å²) in [7, 11) is 1.30. The molecule has 110 valence electrons. The van der Waals surface area contributed by atoms with E-state index in [-0.39, 0.29) is 23.7 Å². The van der Waals surface area contributed by atoms with E-state index in [0.717, 1.165) is 18.2 Å². The van der Waals surface area contributed by atoms with Crippen LogP contribution in [0.3, 0.4) is 0 Å². The Labute approximate surface area is 116 Å². The van der Waals surface area contributed by atoms with Gasteiger partial charge in [-0.3, -0.25) is 15.5 Å². The van der Waals surface area contributed by atoms with Crippen LogP contribution in [0.2, 0.25) is 0 Å². The Balaban J connectivity index is 2.42. The first-order valence-corrected chi connectivity index (χ1v) is 5.42. The normalized spacial score (nSPS) is 10.0. The molecule has 2 aromatic rings. The maximum absolute atomic E-state index is 13.2. The van der Waals surface area contributed by atoms with Gasteiger partial charge >= 0.3 is 17.7 Å². The molecule has 10 nitrogen and oxygen atoms in total. The fourth-order valence-corrected chi connectivity index (χ4v) is 1.36. The molecule has 0 saturated heterocycles. The van der Waals surface area contributed by atoms with Gasteiger partial charge in [0.1, 0.15) is 5.82 Å². The highest BCUT2D eigenvalue weighted by Gasteiger charge is 2.19. The Hall–Kier alpha value is -3.08. The lowest BCUT2D eigenvalue weighted by molar-refractivity contribution is -0.385. The molecule has 21 heavy (non-hydrogen) atoms. The van der Waals surface area contributed by atoms with Gasteiger partial charge in [-0.05, 0) is 6.07 Å². The van der Waals surface area contributed by atoms with Crippen LogP contribution in [0.1, 0.15) is 0 Å². The third-order valence-electron chi connectivity index (χ3n) is 2.23. The van der Waals surface area contributed by atoms with E-state index >= 15 is 0 Å². The van der Waals surface area contributed by atoms with Crippen LogP contribution >= 0.6 is 0 Å². The van der Waals surface area contributed by atoms with Crippen molar-refractivity contribution in [1.29, 1.82) is 0 Å². The predicted molar refractivity (Wildman–Crippen MR) is 67.3 cm³/mol. The molecule has 0 atom stereocenters. The van der Waals surface area contributed by atoms with Crippen LogP contribution in [-0.4, -0.2) is 27.0 Å². The number of hydrazine groups is 1. The van der Waals surface area contributed by atoms with Gasteiger partial charge in [0, 0.05) is 12.1 Å². The average molecular weight is 296 g/mol. The average Bonchev–Trinajstić information content (AvgIpc) is 2.46. The lowest BCUT2D eigenvalue weighted by Crippen LogP contribution is -2.12. The predicted octanol–water partition coefficient (Wildman–Crippen LogP) is 1.01. The largest absolute Gasteiger partial charge is 0.467 e. The van der Waals surface area contributed by atoms with Crippen molar-refractivity contribution in [3.63, 3.8) is 0 Å². The number of nitrogen functional groups attached to an aromatic ring is 1. The quantitative estimate of drug-likeness (QED) is 0.470. The summed E-state index contributed by atoms with van der Waals surface area (Å²) in [6, 6.07) is 2.26. The van der Waals surface area contributed by atoms with E-state index in [1.165, 1.54) is 7.11 Å². The Kier molecular flexibility index (Phi) is 4.04. The summed E-state index contributed by atoms with van der Waals surface area (Å²) in [6.45, 7) is 0. The molecule has 0 aliphatic heterocycles. The van der Waals surface area contributed by atoms with Crippen molar-refractivity contribution in [1.82, 2.24) is 15.0 Å². The molecule has 0 bridgehead atoms. The number of methoxy groups -OCH3 is 1. The highest BCUT2D eigenvalue weighted by molar-refractivity contribution is 5.47. The third-order valence-corrected chi connectivity index (χ3v) is 2.23. The highest BCUT2D eigenvalue weighted by Crippen LogP contribution is 2.31. The van der Waals surface area contributed by atoms with E-state index in [4.69, 9.17) is 15.3 Å². The molecule has 0 aliphatic carbocycles. The van der Waals surface area contributed by atoms with Gasteiger partial charge in [0.15, 0.2) is 0 Å². The van der Waals surface area contributed by atoms with Crippen LogP contribution in [0.5, 0.6) is 17.8 Å². The molecule has 0 aliphatic rings. The van der Waals surface area contributed by atoms with Crippen LogP contribution in [0.15, 0.2) is 18.2 Å². The summed E-state index contributed by atoms with van der Waals surface area (Å²) in [5, 5.41) is 10.9. The monoisotopic (exact) mass is 296 g/mol. The van der Waals surface area contributed by atoms with Crippen molar-refractivity contribution in [2.45, 2.75) is 0 Å². The van der Waals surface area contributed by atoms with Crippen molar-refractivity contribution in [3.8, 4) is 17.8 Å². The number of nitrogens with one attached hydrogen (secondary N) is 1. The number of halogens is 1. The number of nitrogens with zero attached hydrogens (tertiary/aromatic N) is 4. The molecule has 0 amide bonds. The van der Waals surface area contributed by atoms with Gasteiger partial charge < -0.3 is 9.47 Å². The minimum atomic E-state index is -0.727. The number of rotatable bonds is 5. The SMILES string of the molecule is COc1nc(NN)nc(Oc2cc(F)ccc2[N+](=O)[O-])n1. The summed E-state index contributed by atoms with van der Waals surface area (Å²) in [5.74, 6) is 3.99. The van der Waals surface area contributed by atoms with Crippen LogP contribution < -0.4 is 20.7 Å². The van der Waals surface area contributed by atoms with E-state index in [2.05, 4.69) is 20.4 Å². The van der Waals surface area contributed by atoms with Crippen molar-refractivity contribution < 1.29 is 18.8 Å². The molecule has 1 heterocycles. The fourth-order valence-electron chi connectivity index (χ4n) is 1.36. The summed E-state index contributed by atoms with van der Waals surface area (Å²) in [6.07, 6.45) is 0. The molecule has 0 saturated carbocycles. The maximum atomic E-state index is 13.2. The topological polar surface area (TPSA) is 138 Å². The fraction of sp³-hybridized carbons (Fsp3) is 0.100. The molecule has 0 fully saturated rings. The summed E-state index contributed by atoms with van der Waals surface area (Å²) < 4.78 is 23.1. The number of hydrogen-bond donors (Lipinski definition) is 2. The first-order chi connectivity index (χ1) is 10.0. The summed E-state index contributed by atoms with van der Waals surface area (Å²) in [4.78, 5) is 21.3. The first kappa shape index (κ1) is 14.3. The molecule has 0 radical (unpaired) electrons. The molecule has 3 N–H and O–H groups in total. The first-order valence-electron chi connectivity index (χ1n) is 5.42. The second-order valence-electron chi connectivity index (χ2n) is 3.54. The zero-order valence-corrected chi connectivity index (χ0v) is 10.6. The van der Waals surface area contributed by atoms with Gasteiger partial charge in [0.25, 0.3) is 0 Å². The maximum Gasteiger partial charge on any atom is 0.330 e. The van der Waals surface area contributed by atoms with Crippen molar-refractivity contribution in [2.24, 2.45) is 5.84 Å². The molecule has 11 heteroatoms. The third kappa shape index (κ3) is 3.27. The van der Waals surface area contributed by atoms with E-state index in [0.29, 0.717) is 0 Å². The van der Waals surface area contributed by atoms with Crippen molar-refractivity contribution in [2.75, 3.05) is 12.5 Å². The standard InChI is InChI=1S/C10H9FN6O4/c1-20-9-13-8(16-12)14-10(15-9)21-7-4-5(11)2-3-6(7)17(18)19/h2-4H,12H2,1H3,(H,13,14,15,16). The highest BCUT2D eigenvalue weighted by atomic mass is 19.1. The van der Waals surface area contributed by atoms with E-state index in [9.17, 15) is 14.5 Å². The molecular weight excluding hydrogens is 287 g/mol. The second kappa shape index (κ2) is 5.92. The number of nitro groups is 1. The molecule has 1 aromatic carbocycles. The minimum Gasteiger partial charge on any atom is -0.467 e. The lowest BCUT2D eigenvalue weighted by Gasteiger charge is -2.07. The minimum absolute atomic E-state index is 0.0871. The molecular formula is C10H9FN6O4. The smallest absolute Gasteiger partial charge is 0.330 e. The van der Waals surface area contributed by atoms with E-state index < -0.39 is 16.4 Å². The van der Waals surface area contributed by atoms with Gasteiger partial charge in [0.05, 0.1) is 12.0 Å². The lowest BCUT2D eigenvalue weighted by atomic mass is 10.3. The van der Waals surface area contributed by atoms with Gasteiger partial charge in [-0.25, -0.2) is 10.2 Å². The second-order valence-corrected chi connectivity index (χ2v) is 3.54. The van der Waals surface area contributed by atoms with Crippen molar-refractivity contribution >= 4 is 11.6 Å². The molecule has 0 spiro atoms. The van der Waals surface area contributed by atoms with Gasteiger partial charge in [0.2, 0.25) is 11.7 Å². The van der Waals surface area contributed by atoms with Gasteiger partial charge in [-0.2, -0.15) is 9.97 Å². The zero-order valence-electron chi connectivity index (χ0n) is 10.6.